The van der Waals surface area contributed by atoms with Gasteiger partial charge in [-0.15, -0.1) is 11.3 Å². The molecule has 11 heteroatoms. The van der Waals surface area contributed by atoms with Crippen LogP contribution in [0.3, 0.4) is 0 Å². The highest BCUT2D eigenvalue weighted by atomic mass is 32.1. The van der Waals surface area contributed by atoms with Crippen molar-refractivity contribution in [3.8, 4) is 10.6 Å². The zero-order chi connectivity index (χ0) is 28.8. The Kier molecular flexibility index (Phi) is 6.75. The van der Waals surface area contributed by atoms with Crippen molar-refractivity contribution in [3.63, 3.8) is 0 Å². The summed E-state index contributed by atoms with van der Waals surface area (Å²) in [6, 6.07) is 16.5. The number of amides is 1. The molecule has 4 aromatic heterocycles. The lowest BCUT2D eigenvalue weighted by Crippen LogP contribution is -2.46. The van der Waals surface area contributed by atoms with Gasteiger partial charge in [0.2, 0.25) is 5.95 Å². The van der Waals surface area contributed by atoms with Crippen molar-refractivity contribution in [2.45, 2.75) is 32.0 Å². The number of nitrogens with zero attached hydrogens (tertiary/aromatic N) is 8. The number of carbonyl (C=O) groups is 1. The van der Waals surface area contributed by atoms with Crippen molar-refractivity contribution >= 4 is 45.0 Å². The second-order valence-electron chi connectivity index (χ2n) is 11.1. The lowest BCUT2D eigenvalue weighted by atomic mass is 10.1. The van der Waals surface area contributed by atoms with Crippen LogP contribution in [0.25, 0.3) is 20.8 Å². The Morgan fingerprint density at radius 1 is 1.02 bits per heavy atom. The molecule has 1 aromatic carbocycles. The number of aromatic nitrogens is 5. The minimum absolute atomic E-state index is 0.0329. The highest BCUT2D eigenvalue weighted by Crippen LogP contribution is 2.35. The molecule has 5 aromatic rings. The fraction of sp³-hybridized carbons (Fsp3) is 0.290. The molecule has 2 fully saturated rings. The predicted octanol–water partition coefficient (Wildman–Crippen LogP) is 4.76. The summed E-state index contributed by atoms with van der Waals surface area (Å²) in [6.45, 7) is 4.84. The van der Waals surface area contributed by atoms with Crippen molar-refractivity contribution < 1.29 is 4.79 Å². The van der Waals surface area contributed by atoms with Crippen LogP contribution in [-0.2, 0) is 6.54 Å². The number of carbonyl (C=O) groups excluding carboxylic acids is 1. The van der Waals surface area contributed by atoms with Gasteiger partial charge in [-0.2, -0.15) is 4.98 Å². The average molecular weight is 578 g/mol. The van der Waals surface area contributed by atoms with Crippen molar-refractivity contribution in [3.05, 3.63) is 83.9 Å². The fourth-order valence-corrected chi connectivity index (χ4v) is 6.77. The van der Waals surface area contributed by atoms with Crippen LogP contribution in [-0.4, -0.2) is 79.9 Å². The minimum atomic E-state index is -0.0329. The lowest BCUT2D eigenvalue weighted by molar-refractivity contribution is 0.0827. The van der Waals surface area contributed by atoms with Gasteiger partial charge in [0.05, 0.1) is 10.2 Å². The summed E-state index contributed by atoms with van der Waals surface area (Å²) < 4.78 is 0.975. The minimum Gasteiger partial charge on any atom is -0.345 e. The predicted molar refractivity (Wildman–Crippen MR) is 165 cm³/mol. The number of hydrogen-bond acceptors (Lipinski definition) is 10. The normalized spacial score (nSPS) is 18.1. The molecule has 0 spiro atoms. The van der Waals surface area contributed by atoms with Crippen LogP contribution in [0.5, 0.6) is 0 Å². The second kappa shape index (κ2) is 10.7. The zero-order valence-corrected chi connectivity index (χ0v) is 24.5. The molecule has 1 N–H and O–H groups in total. The molecular weight excluding hydrogens is 546 g/mol. The van der Waals surface area contributed by atoms with Crippen LogP contribution < -0.4 is 10.2 Å². The van der Waals surface area contributed by atoms with Crippen LogP contribution in [0.1, 0.15) is 28.0 Å². The first-order chi connectivity index (χ1) is 20.4. The van der Waals surface area contributed by atoms with E-state index in [-0.39, 0.29) is 5.91 Å². The van der Waals surface area contributed by atoms with E-state index >= 15 is 0 Å². The summed E-state index contributed by atoms with van der Waals surface area (Å²) in [4.78, 5) is 42.4. The van der Waals surface area contributed by atoms with Crippen molar-refractivity contribution in [1.29, 1.82) is 0 Å². The summed E-state index contributed by atoms with van der Waals surface area (Å²) in [5.41, 5.74) is 4.54. The van der Waals surface area contributed by atoms with E-state index in [4.69, 9.17) is 15.0 Å². The molecule has 2 aliphatic rings. The molecule has 10 nitrogen and oxygen atoms in total. The first kappa shape index (κ1) is 26.4. The number of nitrogens with one attached hydrogen (secondary N) is 1. The SMILES string of the molecule is Cc1cc(Nc2cc3nc(-c4cccc(C(=O)N(C)C)c4)sc3cn2)nc(N2C[C@@H]3C[C@H]2CN3Cc2cccnc2)n1. The van der Waals surface area contributed by atoms with Gasteiger partial charge in [0, 0.05) is 93.4 Å². The molecule has 2 bridgehead atoms. The number of hydrogen-bond donors (Lipinski definition) is 1. The van der Waals surface area contributed by atoms with Crippen LogP contribution in [0, 0.1) is 6.92 Å². The fourth-order valence-electron chi connectivity index (χ4n) is 5.86. The molecule has 1 amide bonds. The van der Waals surface area contributed by atoms with E-state index in [0.29, 0.717) is 29.3 Å². The van der Waals surface area contributed by atoms with E-state index in [1.807, 2.05) is 68.0 Å². The molecule has 0 unspecified atom stereocenters. The number of fused-ring (bicyclic) bond motifs is 3. The Morgan fingerprint density at radius 2 is 1.93 bits per heavy atom. The molecule has 2 atom stereocenters. The summed E-state index contributed by atoms with van der Waals surface area (Å²) in [7, 11) is 3.51. The number of anilines is 3. The van der Waals surface area contributed by atoms with Crippen LogP contribution in [0.2, 0.25) is 0 Å². The highest BCUT2D eigenvalue weighted by molar-refractivity contribution is 7.21. The highest BCUT2D eigenvalue weighted by Gasteiger charge is 2.44. The third kappa shape index (κ3) is 5.17. The topological polar surface area (TPSA) is 103 Å². The Bertz CT molecular complexity index is 1770. The number of aryl methyl sites for hydroxylation is 1. The maximum atomic E-state index is 12.4. The standard InChI is InChI=1S/C31H31N9OS/c1-19-10-28(37-31(34-19)40-18-23-12-24(40)17-39(23)16-20-6-5-9-32-14-20)36-27-13-25-26(15-33-27)42-29(35-25)21-7-4-8-22(11-21)30(41)38(2)3/h4-11,13-15,23-24H,12,16-18H2,1-3H3,(H,33,34,36,37)/t23-,24-/m0/s1. The molecule has 2 saturated heterocycles. The second-order valence-corrected chi connectivity index (χ2v) is 12.2. The van der Waals surface area contributed by atoms with E-state index < -0.39 is 0 Å². The molecule has 212 valence electrons. The zero-order valence-electron chi connectivity index (χ0n) is 23.7. The van der Waals surface area contributed by atoms with Crippen LogP contribution in [0.4, 0.5) is 17.6 Å². The van der Waals surface area contributed by atoms with Gasteiger partial charge in [0.1, 0.15) is 16.6 Å². The van der Waals surface area contributed by atoms with Gasteiger partial charge < -0.3 is 15.1 Å². The largest absolute Gasteiger partial charge is 0.345 e. The summed E-state index contributed by atoms with van der Waals surface area (Å²) in [5, 5.41) is 4.23. The maximum absolute atomic E-state index is 12.4. The third-order valence-electron chi connectivity index (χ3n) is 7.86. The number of rotatable bonds is 7. The Morgan fingerprint density at radius 3 is 2.71 bits per heavy atom. The molecule has 0 aliphatic carbocycles. The van der Waals surface area contributed by atoms with Gasteiger partial charge in [-0.1, -0.05) is 18.2 Å². The summed E-state index contributed by atoms with van der Waals surface area (Å²) >= 11 is 1.56. The maximum Gasteiger partial charge on any atom is 0.253 e. The van der Waals surface area contributed by atoms with E-state index in [1.165, 1.54) is 5.56 Å². The van der Waals surface area contributed by atoms with E-state index in [9.17, 15) is 4.79 Å². The van der Waals surface area contributed by atoms with Gasteiger partial charge in [0.15, 0.2) is 0 Å². The van der Waals surface area contributed by atoms with Gasteiger partial charge in [-0.05, 0) is 37.1 Å². The van der Waals surface area contributed by atoms with Gasteiger partial charge in [-0.3, -0.25) is 14.7 Å². The molecule has 6 heterocycles. The Hall–Kier alpha value is -4.48. The van der Waals surface area contributed by atoms with Crippen LogP contribution in [0.15, 0.2) is 67.1 Å². The van der Waals surface area contributed by atoms with Gasteiger partial charge in [0.25, 0.3) is 5.91 Å². The quantitative estimate of drug-likeness (QED) is 0.293. The van der Waals surface area contributed by atoms with E-state index in [0.717, 1.165) is 58.5 Å². The third-order valence-corrected chi connectivity index (χ3v) is 8.91. The van der Waals surface area contributed by atoms with E-state index in [1.54, 1.807) is 30.3 Å². The number of pyridine rings is 2. The average Bonchev–Trinajstić information content (AvgIpc) is 3.71. The lowest BCUT2D eigenvalue weighted by Gasteiger charge is -2.34. The molecule has 0 radical (unpaired) electrons. The summed E-state index contributed by atoms with van der Waals surface area (Å²) in [6.07, 6.45) is 6.73. The van der Waals surface area contributed by atoms with E-state index in [2.05, 4.69) is 31.2 Å². The molecule has 42 heavy (non-hydrogen) atoms. The van der Waals surface area contributed by atoms with Crippen LogP contribution >= 0.6 is 11.3 Å². The van der Waals surface area contributed by atoms with Crippen molar-refractivity contribution in [2.24, 2.45) is 0 Å². The number of piperazine rings is 1. The van der Waals surface area contributed by atoms with Gasteiger partial charge in [-0.25, -0.2) is 15.0 Å². The monoisotopic (exact) mass is 577 g/mol. The molecule has 2 aliphatic heterocycles. The number of benzene rings is 1. The Labute approximate surface area is 248 Å². The first-order valence-electron chi connectivity index (χ1n) is 14.0. The number of thiazole rings is 1. The smallest absolute Gasteiger partial charge is 0.253 e. The Balaban J connectivity index is 1.07. The van der Waals surface area contributed by atoms with Gasteiger partial charge >= 0.3 is 0 Å². The molecule has 0 saturated carbocycles. The molecular formula is C31H31N9OS. The van der Waals surface area contributed by atoms with Crippen molar-refractivity contribution in [2.75, 3.05) is 37.4 Å². The number of likely N-dealkylation sites (tertiary alicyclic amines) is 1. The summed E-state index contributed by atoms with van der Waals surface area (Å²) in [5.74, 6) is 2.11. The first-order valence-corrected chi connectivity index (χ1v) is 14.8. The van der Waals surface area contributed by atoms with Crippen molar-refractivity contribution in [1.82, 2.24) is 34.7 Å². The molecule has 7 rings (SSSR count).